The number of aryl methyl sites for hydroxylation is 1. The standard InChI is InChI=1S/C16H18BrN3O2/c1-11-14(17)2-3-15(20-11)19-9-12-4-6-18-16(8-12)22-13-5-7-21-10-13/h2-4,6,8,13H,5,7,9-10H2,1H3,(H,19,20). The molecule has 1 N–H and O–H groups in total. The molecule has 3 heterocycles. The van der Waals surface area contributed by atoms with Crippen LogP contribution in [0, 0.1) is 6.92 Å². The van der Waals surface area contributed by atoms with Crippen LogP contribution >= 0.6 is 15.9 Å². The molecule has 2 aromatic heterocycles. The molecule has 0 bridgehead atoms. The molecule has 0 aromatic carbocycles. The Morgan fingerprint density at radius 1 is 1.41 bits per heavy atom. The van der Waals surface area contributed by atoms with E-state index >= 15 is 0 Å². The molecule has 0 radical (unpaired) electrons. The van der Waals surface area contributed by atoms with Gasteiger partial charge in [-0.3, -0.25) is 0 Å². The highest BCUT2D eigenvalue weighted by Gasteiger charge is 2.17. The average Bonchev–Trinajstić information content (AvgIpc) is 3.02. The van der Waals surface area contributed by atoms with Crippen LogP contribution in [0.25, 0.3) is 0 Å². The normalized spacial score (nSPS) is 17.5. The van der Waals surface area contributed by atoms with Gasteiger partial charge in [-0.15, -0.1) is 0 Å². The van der Waals surface area contributed by atoms with E-state index in [9.17, 15) is 0 Å². The van der Waals surface area contributed by atoms with Crippen molar-refractivity contribution in [3.05, 3.63) is 46.2 Å². The fourth-order valence-electron chi connectivity index (χ4n) is 2.24. The Balaban J connectivity index is 1.61. The molecule has 1 atom stereocenters. The molecule has 1 aliphatic heterocycles. The first-order valence-corrected chi connectivity index (χ1v) is 8.06. The summed E-state index contributed by atoms with van der Waals surface area (Å²) in [6.45, 7) is 4.05. The van der Waals surface area contributed by atoms with Crippen molar-refractivity contribution in [2.24, 2.45) is 0 Å². The third-order valence-corrected chi connectivity index (χ3v) is 4.31. The molecule has 1 unspecified atom stereocenters. The van der Waals surface area contributed by atoms with Crippen molar-refractivity contribution < 1.29 is 9.47 Å². The van der Waals surface area contributed by atoms with Crippen molar-refractivity contribution in [3.8, 4) is 5.88 Å². The number of halogens is 1. The zero-order valence-corrected chi connectivity index (χ0v) is 14.0. The first-order valence-electron chi connectivity index (χ1n) is 7.27. The topological polar surface area (TPSA) is 56.3 Å². The number of ether oxygens (including phenoxy) is 2. The smallest absolute Gasteiger partial charge is 0.213 e. The molecule has 1 saturated heterocycles. The lowest BCUT2D eigenvalue weighted by Crippen LogP contribution is -2.16. The molecule has 1 fully saturated rings. The highest BCUT2D eigenvalue weighted by Crippen LogP contribution is 2.18. The first-order chi connectivity index (χ1) is 10.7. The monoisotopic (exact) mass is 363 g/mol. The fourth-order valence-corrected chi connectivity index (χ4v) is 2.46. The third kappa shape index (κ3) is 3.96. The number of hydrogen-bond acceptors (Lipinski definition) is 5. The van der Waals surface area contributed by atoms with E-state index in [-0.39, 0.29) is 6.10 Å². The molecule has 1 aliphatic rings. The average molecular weight is 364 g/mol. The van der Waals surface area contributed by atoms with Crippen LogP contribution in [0.5, 0.6) is 5.88 Å². The largest absolute Gasteiger partial charge is 0.472 e. The molecule has 6 heteroatoms. The maximum absolute atomic E-state index is 5.82. The Labute approximate surface area is 138 Å². The van der Waals surface area contributed by atoms with Crippen molar-refractivity contribution in [2.75, 3.05) is 18.5 Å². The van der Waals surface area contributed by atoms with Gasteiger partial charge in [0.05, 0.1) is 18.9 Å². The quantitative estimate of drug-likeness (QED) is 0.882. The van der Waals surface area contributed by atoms with Gasteiger partial charge in [-0.2, -0.15) is 0 Å². The minimum absolute atomic E-state index is 0.117. The van der Waals surface area contributed by atoms with Crippen molar-refractivity contribution in [1.29, 1.82) is 0 Å². The number of nitrogens with one attached hydrogen (secondary N) is 1. The minimum Gasteiger partial charge on any atom is -0.472 e. The van der Waals surface area contributed by atoms with Crippen LogP contribution in [0.4, 0.5) is 5.82 Å². The number of rotatable bonds is 5. The summed E-state index contributed by atoms with van der Waals surface area (Å²) in [6.07, 6.45) is 2.81. The zero-order valence-electron chi connectivity index (χ0n) is 12.4. The molecule has 0 amide bonds. The van der Waals surface area contributed by atoms with Gasteiger partial charge in [0, 0.05) is 29.7 Å². The Kier molecular flexibility index (Phi) is 4.90. The second-order valence-electron chi connectivity index (χ2n) is 5.22. The van der Waals surface area contributed by atoms with Crippen LogP contribution in [-0.4, -0.2) is 29.3 Å². The van der Waals surface area contributed by atoms with Gasteiger partial charge in [0.2, 0.25) is 5.88 Å². The molecule has 0 aliphatic carbocycles. The van der Waals surface area contributed by atoms with Gasteiger partial charge in [0.15, 0.2) is 0 Å². The summed E-state index contributed by atoms with van der Waals surface area (Å²) in [5.41, 5.74) is 2.07. The van der Waals surface area contributed by atoms with E-state index in [1.807, 2.05) is 31.2 Å². The predicted octanol–water partition coefficient (Wildman–Crippen LogP) is 3.33. The number of pyridine rings is 2. The van der Waals surface area contributed by atoms with E-state index in [0.29, 0.717) is 19.0 Å². The van der Waals surface area contributed by atoms with Gasteiger partial charge in [0.1, 0.15) is 11.9 Å². The van der Waals surface area contributed by atoms with E-state index in [0.717, 1.165) is 34.6 Å². The lowest BCUT2D eigenvalue weighted by Gasteiger charge is -2.12. The maximum atomic E-state index is 5.82. The minimum atomic E-state index is 0.117. The number of anilines is 1. The van der Waals surface area contributed by atoms with E-state index in [1.54, 1.807) is 6.20 Å². The van der Waals surface area contributed by atoms with E-state index in [4.69, 9.17) is 9.47 Å². The van der Waals surface area contributed by atoms with Crippen LogP contribution < -0.4 is 10.1 Å². The number of nitrogens with zero attached hydrogens (tertiary/aromatic N) is 2. The highest BCUT2D eigenvalue weighted by molar-refractivity contribution is 9.10. The molecular formula is C16H18BrN3O2. The second kappa shape index (κ2) is 7.07. The Morgan fingerprint density at radius 2 is 2.32 bits per heavy atom. The summed E-state index contributed by atoms with van der Waals surface area (Å²) in [5.74, 6) is 1.50. The molecule has 22 heavy (non-hydrogen) atoms. The summed E-state index contributed by atoms with van der Waals surface area (Å²) in [5, 5.41) is 3.31. The van der Waals surface area contributed by atoms with Crippen LogP contribution in [-0.2, 0) is 11.3 Å². The summed E-state index contributed by atoms with van der Waals surface area (Å²) < 4.78 is 12.1. The van der Waals surface area contributed by atoms with Gasteiger partial charge < -0.3 is 14.8 Å². The van der Waals surface area contributed by atoms with Crippen molar-refractivity contribution in [2.45, 2.75) is 26.0 Å². The molecular weight excluding hydrogens is 346 g/mol. The Bertz CT molecular complexity index is 645. The third-order valence-electron chi connectivity index (χ3n) is 3.47. The number of hydrogen-bond donors (Lipinski definition) is 1. The zero-order chi connectivity index (χ0) is 15.4. The van der Waals surface area contributed by atoms with Crippen molar-refractivity contribution >= 4 is 21.7 Å². The van der Waals surface area contributed by atoms with Crippen LogP contribution in [0.3, 0.4) is 0 Å². The van der Waals surface area contributed by atoms with Crippen molar-refractivity contribution in [1.82, 2.24) is 9.97 Å². The van der Waals surface area contributed by atoms with E-state index < -0.39 is 0 Å². The van der Waals surface area contributed by atoms with Crippen LogP contribution in [0.15, 0.2) is 34.9 Å². The Hall–Kier alpha value is -1.66. The Morgan fingerprint density at radius 3 is 3.09 bits per heavy atom. The van der Waals surface area contributed by atoms with E-state index in [1.165, 1.54) is 0 Å². The molecule has 116 valence electrons. The summed E-state index contributed by atoms with van der Waals surface area (Å²) in [7, 11) is 0. The van der Waals surface area contributed by atoms with Crippen molar-refractivity contribution in [3.63, 3.8) is 0 Å². The van der Waals surface area contributed by atoms with Gasteiger partial charge in [-0.1, -0.05) is 0 Å². The SMILES string of the molecule is Cc1nc(NCc2ccnc(OC3CCOC3)c2)ccc1Br. The van der Waals surface area contributed by atoms with Gasteiger partial charge in [-0.05, 0) is 46.6 Å². The van der Waals surface area contributed by atoms with E-state index in [2.05, 4.69) is 31.2 Å². The lowest BCUT2D eigenvalue weighted by atomic mass is 10.2. The molecule has 5 nitrogen and oxygen atoms in total. The first kappa shape index (κ1) is 15.2. The summed E-state index contributed by atoms with van der Waals surface area (Å²) in [6, 6.07) is 7.87. The second-order valence-corrected chi connectivity index (χ2v) is 6.08. The molecule has 0 spiro atoms. The molecule has 2 aromatic rings. The predicted molar refractivity (Wildman–Crippen MR) is 88.1 cm³/mol. The lowest BCUT2D eigenvalue weighted by molar-refractivity contribution is 0.138. The highest BCUT2D eigenvalue weighted by atomic mass is 79.9. The summed E-state index contributed by atoms with van der Waals surface area (Å²) in [4.78, 5) is 8.73. The van der Waals surface area contributed by atoms with Gasteiger partial charge >= 0.3 is 0 Å². The van der Waals surface area contributed by atoms with Gasteiger partial charge in [0.25, 0.3) is 0 Å². The number of aromatic nitrogens is 2. The molecule has 0 saturated carbocycles. The summed E-state index contributed by atoms with van der Waals surface area (Å²) >= 11 is 3.45. The maximum Gasteiger partial charge on any atom is 0.213 e. The molecule has 3 rings (SSSR count). The fraction of sp³-hybridized carbons (Fsp3) is 0.375. The van der Waals surface area contributed by atoms with Crippen LogP contribution in [0.1, 0.15) is 17.7 Å². The van der Waals surface area contributed by atoms with Crippen LogP contribution in [0.2, 0.25) is 0 Å². The van der Waals surface area contributed by atoms with Gasteiger partial charge in [-0.25, -0.2) is 9.97 Å².